The molecule has 2 aromatic heterocycles. The van der Waals surface area contributed by atoms with Crippen molar-refractivity contribution in [3.8, 4) is 0 Å². The number of hydrogen-bond acceptors (Lipinski definition) is 7. The first kappa shape index (κ1) is 21.8. The Morgan fingerprint density at radius 2 is 1.79 bits per heavy atom. The van der Waals surface area contributed by atoms with Crippen LogP contribution in [0.3, 0.4) is 0 Å². The topological polar surface area (TPSA) is 92.8 Å². The number of amides is 2. The van der Waals surface area contributed by atoms with Crippen molar-refractivity contribution in [3.63, 3.8) is 0 Å². The van der Waals surface area contributed by atoms with Crippen LogP contribution in [0.4, 0.5) is 0 Å². The van der Waals surface area contributed by atoms with Gasteiger partial charge in [-0.1, -0.05) is 12.1 Å². The van der Waals surface area contributed by atoms with Crippen LogP contribution in [0.25, 0.3) is 0 Å². The Morgan fingerprint density at radius 1 is 1.04 bits per heavy atom. The van der Waals surface area contributed by atoms with Gasteiger partial charge in [-0.25, -0.2) is 0 Å². The van der Waals surface area contributed by atoms with Gasteiger partial charge in [0.2, 0.25) is 5.91 Å². The van der Waals surface area contributed by atoms with E-state index in [9.17, 15) is 19.2 Å². The summed E-state index contributed by atoms with van der Waals surface area (Å²) in [5, 5.41) is 6.31. The standard InChI is InChI=1S/C19H22N2O5S2/c1-21(12-14-4-2-10-27-14)18(24)13-26-19(25)8-9-20-17(23)7-6-15(22)16-5-3-11-28-16/h2-5,10-11H,6-9,12-13H2,1H3,(H,20,23). The number of Topliss-reactive ketones (excluding diaryl/α,β-unsaturated/α-hetero) is 1. The summed E-state index contributed by atoms with van der Waals surface area (Å²) in [5.74, 6) is -1.23. The Hall–Kier alpha value is -2.52. The number of likely N-dealkylation sites (N-methyl/N-ethyl adjacent to an activating group) is 1. The summed E-state index contributed by atoms with van der Waals surface area (Å²) in [6.07, 6.45) is 0.159. The van der Waals surface area contributed by atoms with Crippen LogP contribution in [0, 0.1) is 0 Å². The third kappa shape index (κ3) is 7.61. The van der Waals surface area contributed by atoms with Gasteiger partial charge in [-0.15, -0.1) is 22.7 Å². The molecule has 2 heterocycles. The van der Waals surface area contributed by atoms with E-state index in [1.165, 1.54) is 16.2 Å². The summed E-state index contributed by atoms with van der Waals surface area (Å²) < 4.78 is 4.94. The largest absolute Gasteiger partial charge is 0.456 e. The number of ether oxygens (including phenoxy) is 1. The number of carbonyl (C=O) groups is 4. The number of hydrogen-bond donors (Lipinski definition) is 1. The van der Waals surface area contributed by atoms with Crippen molar-refractivity contribution in [2.75, 3.05) is 20.2 Å². The molecule has 0 aliphatic rings. The van der Waals surface area contributed by atoms with E-state index in [0.717, 1.165) is 4.88 Å². The number of rotatable bonds is 11. The Labute approximate surface area is 171 Å². The summed E-state index contributed by atoms with van der Waals surface area (Å²) in [4.78, 5) is 50.4. The molecule has 28 heavy (non-hydrogen) atoms. The highest BCUT2D eigenvalue weighted by Gasteiger charge is 2.14. The van der Waals surface area contributed by atoms with Crippen molar-refractivity contribution < 1.29 is 23.9 Å². The summed E-state index contributed by atoms with van der Waals surface area (Å²) in [6, 6.07) is 7.34. The maximum absolute atomic E-state index is 12.0. The molecule has 0 atom stereocenters. The lowest BCUT2D eigenvalue weighted by molar-refractivity contribution is -0.151. The lowest BCUT2D eigenvalue weighted by Gasteiger charge is -2.16. The molecule has 0 radical (unpaired) electrons. The Morgan fingerprint density at radius 3 is 2.46 bits per heavy atom. The first-order valence-electron chi connectivity index (χ1n) is 8.71. The van der Waals surface area contributed by atoms with Gasteiger partial charge in [0.05, 0.1) is 17.8 Å². The van der Waals surface area contributed by atoms with Gasteiger partial charge in [-0.05, 0) is 22.9 Å². The van der Waals surface area contributed by atoms with Gasteiger partial charge in [-0.2, -0.15) is 0 Å². The van der Waals surface area contributed by atoms with Gasteiger partial charge < -0.3 is 15.0 Å². The second kappa shape index (κ2) is 11.4. The second-order valence-corrected chi connectivity index (χ2v) is 7.97. The number of thiophene rings is 2. The van der Waals surface area contributed by atoms with Gasteiger partial charge in [-0.3, -0.25) is 19.2 Å². The van der Waals surface area contributed by atoms with Crippen LogP contribution in [-0.2, 0) is 25.7 Å². The molecule has 0 aliphatic heterocycles. The normalized spacial score (nSPS) is 10.3. The van der Waals surface area contributed by atoms with Crippen LogP contribution < -0.4 is 5.32 Å². The highest BCUT2D eigenvalue weighted by atomic mass is 32.1. The second-order valence-electron chi connectivity index (χ2n) is 5.99. The predicted molar refractivity (Wildman–Crippen MR) is 107 cm³/mol. The van der Waals surface area contributed by atoms with Gasteiger partial charge >= 0.3 is 5.97 Å². The fraction of sp³-hybridized carbons (Fsp3) is 0.368. The van der Waals surface area contributed by atoms with Crippen LogP contribution in [0.2, 0.25) is 0 Å². The van der Waals surface area contributed by atoms with Gasteiger partial charge in [0.1, 0.15) is 0 Å². The van der Waals surface area contributed by atoms with Crippen LogP contribution in [0.1, 0.15) is 33.8 Å². The third-order valence-electron chi connectivity index (χ3n) is 3.78. The highest BCUT2D eigenvalue weighted by Crippen LogP contribution is 2.12. The maximum Gasteiger partial charge on any atom is 0.308 e. The number of carbonyl (C=O) groups excluding carboxylic acids is 4. The fourth-order valence-electron chi connectivity index (χ4n) is 2.23. The van der Waals surface area contributed by atoms with Gasteiger partial charge in [0.15, 0.2) is 12.4 Å². The molecule has 0 fully saturated rings. The molecule has 1 N–H and O–H groups in total. The highest BCUT2D eigenvalue weighted by molar-refractivity contribution is 7.12. The molecule has 0 bridgehead atoms. The summed E-state index contributed by atoms with van der Waals surface area (Å²) in [5.41, 5.74) is 0. The van der Waals surface area contributed by atoms with Crippen molar-refractivity contribution in [1.29, 1.82) is 0 Å². The molecule has 150 valence electrons. The molecular weight excluding hydrogens is 400 g/mol. The van der Waals surface area contributed by atoms with Crippen LogP contribution >= 0.6 is 22.7 Å². The zero-order chi connectivity index (χ0) is 20.4. The molecule has 7 nitrogen and oxygen atoms in total. The van der Waals surface area contributed by atoms with E-state index in [1.54, 1.807) is 30.5 Å². The number of nitrogens with one attached hydrogen (secondary N) is 1. The summed E-state index contributed by atoms with van der Waals surface area (Å²) in [7, 11) is 1.65. The minimum absolute atomic E-state index is 0.0352. The summed E-state index contributed by atoms with van der Waals surface area (Å²) in [6.45, 7) is 0.238. The molecule has 9 heteroatoms. The summed E-state index contributed by atoms with van der Waals surface area (Å²) >= 11 is 2.89. The fourth-order valence-corrected chi connectivity index (χ4v) is 3.68. The molecule has 0 aromatic carbocycles. The van der Waals surface area contributed by atoms with Crippen molar-refractivity contribution >= 4 is 46.2 Å². The lowest BCUT2D eigenvalue weighted by atomic mass is 10.2. The Balaban J connectivity index is 1.56. The van der Waals surface area contributed by atoms with Crippen molar-refractivity contribution in [2.24, 2.45) is 0 Å². The third-order valence-corrected chi connectivity index (χ3v) is 5.55. The first-order chi connectivity index (χ1) is 13.5. The molecule has 0 saturated carbocycles. The first-order valence-corrected chi connectivity index (χ1v) is 10.5. The monoisotopic (exact) mass is 422 g/mol. The average Bonchev–Trinajstić information content (AvgIpc) is 3.38. The molecule has 2 rings (SSSR count). The predicted octanol–water partition coefficient (Wildman–Crippen LogP) is 2.48. The van der Waals surface area contributed by atoms with E-state index in [0.29, 0.717) is 11.4 Å². The SMILES string of the molecule is CN(Cc1cccs1)C(=O)COC(=O)CCNC(=O)CCC(=O)c1cccs1. The molecule has 0 unspecified atom stereocenters. The van der Waals surface area contributed by atoms with Crippen molar-refractivity contribution in [2.45, 2.75) is 25.8 Å². The van der Waals surface area contributed by atoms with Crippen molar-refractivity contribution in [3.05, 3.63) is 44.8 Å². The van der Waals surface area contributed by atoms with Gasteiger partial charge in [0, 0.05) is 31.3 Å². The van der Waals surface area contributed by atoms with E-state index >= 15 is 0 Å². The van der Waals surface area contributed by atoms with E-state index in [-0.39, 0.29) is 50.0 Å². The Kier molecular flexibility index (Phi) is 8.83. The van der Waals surface area contributed by atoms with Crippen LogP contribution in [0.15, 0.2) is 35.0 Å². The van der Waals surface area contributed by atoms with E-state index in [1.807, 2.05) is 22.9 Å². The molecule has 2 aromatic rings. The van der Waals surface area contributed by atoms with Crippen LogP contribution in [-0.4, -0.2) is 48.7 Å². The molecular formula is C19H22N2O5S2. The minimum atomic E-state index is -0.562. The number of nitrogens with zero attached hydrogens (tertiary/aromatic N) is 1. The maximum atomic E-state index is 12.0. The quantitative estimate of drug-likeness (QED) is 0.444. The van der Waals surface area contributed by atoms with Crippen molar-refractivity contribution in [1.82, 2.24) is 10.2 Å². The zero-order valence-corrected chi connectivity index (χ0v) is 17.1. The van der Waals surface area contributed by atoms with Crippen LogP contribution in [0.5, 0.6) is 0 Å². The molecule has 0 aliphatic carbocycles. The van der Waals surface area contributed by atoms with Gasteiger partial charge in [0.25, 0.3) is 5.91 Å². The average molecular weight is 423 g/mol. The lowest BCUT2D eigenvalue weighted by Crippen LogP contribution is -2.31. The zero-order valence-electron chi connectivity index (χ0n) is 15.5. The van der Waals surface area contributed by atoms with E-state index < -0.39 is 5.97 Å². The number of esters is 1. The Bertz CT molecular complexity index is 787. The molecule has 0 saturated heterocycles. The van der Waals surface area contributed by atoms with E-state index in [4.69, 9.17) is 4.74 Å². The number of ketones is 1. The molecule has 0 spiro atoms. The van der Waals surface area contributed by atoms with E-state index in [2.05, 4.69) is 5.32 Å². The smallest absolute Gasteiger partial charge is 0.308 e. The minimum Gasteiger partial charge on any atom is -0.456 e. The molecule has 2 amide bonds.